The summed E-state index contributed by atoms with van der Waals surface area (Å²) in [6.45, 7) is 6.29. The molecule has 1 heterocycles. The fourth-order valence-corrected chi connectivity index (χ4v) is 2.30. The quantitative estimate of drug-likeness (QED) is 0.338. The summed E-state index contributed by atoms with van der Waals surface area (Å²) < 4.78 is 5.21. The number of hydrogen-bond acceptors (Lipinski definition) is 2. The number of methoxy groups -OCH3 is 1. The Kier molecular flexibility index (Phi) is 10.8. The Morgan fingerprint density at radius 1 is 1.44 bits per heavy atom. The standard InChI is InChI=1S/C13H27N3O.HI/c1-4-5-6-8-15-13(14-2)16-9-7-12(10-16)11-17-3;/h12H,4-11H2,1-3H3,(H,14,15);1H. The Balaban J connectivity index is 0.00000289. The van der Waals surface area contributed by atoms with Gasteiger partial charge in [-0.25, -0.2) is 0 Å². The molecule has 0 spiro atoms. The van der Waals surface area contributed by atoms with Crippen molar-refractivity contribution in [2.24, 2.45) is 10.9 Å². The van der Waals surface area contributed by atoms with Gasteiger partial charge in [0, 0.05) is 39.7 Å². The van der Waals surface area contributed by atoms with Gasteiger partial charge in [0.25, 0.3) is 0 Å². The Bertz CT molecular complexity index is 236. The molecule has 1 aliphatic heterocycles. The number of likely N-dealkylation sites (tertiary alicyclic amines) is 1. The third kappa shape index (κ3) is 6.22. The smallest absolute Gasteiger partial charge is 0.193 e. The van der Waals surface area contributed by atoms with Gasteiger partial charge in [-0.2, -0.15) is 0 Å². The fourth-order valence-electron chi connectivity index (χ4n) is 2.30. The van der Waals surface area contributed by atoms with Crippen molar-refractivity contribution >= 4 is 29.9 Å². The van der Waals surface area contributed by atoms with E-state index in [9.17, 15) is 0 Å². The lowest BCUT2D eigenvalue weighted by Crippen LogP contribution is -2.40. The first-order valence-electron chi connectivity index (χ1n) is 6.76. The van der Waals surface area contributed by atoms with E-state index in [0.29, 0.717) is 5.92 Å². The molecule has 1 unspecified atom stereocenters. The molecule has 18 heavy (non-hydrogen) atoms. The van der Waals surface area contributed by atoms with Crippen LogP contribution < -0.4 is 5.32 Å². The number of ether oxygens (including phenoxy) is 1. The van der Waals surface area contributed by atoms with Crippen LogP contribution in [0.1, 0.15) is 32.6 Å². The van der Waals surface area contributed by atoms with Crippen LogP contribution in [0.3, 0.4) is 0 Å². The average Bonchev–Trinajstić information content (AvgIpc) is 2.78. The van der Waals surface area contributed by atoms with Crippen molar-refractivity contribution in [3.63, 3.8) is 0 Å². The molecular formula is C13H28IN3O. The molecule has 1 rings (SSSR count). The molecule has 1 aliphatic rings. The molecule has 0 saturated carbocycles. The summed E-state index contributed by atoms with van der Waals surface area (Å²) in [7, 11) is 3.65. The van der Waals surface area contributed by atoms with Gasteiger partial charge in [0.15, 0.2) is 5.96 Å². The molecule has 1 fully saturated rings. The highest BCUT2D eigenvalue weighted by Crippen LogP contribution is 2.16. The molecule has 4 nitrogen and oxygen atoms in total. The summed E-state index contributed by atoms with van der Waals surface area (Å²) in [6, 6.07) is 0. The van der Waals surface area contributed by atoms with E-state index in [1.807, 2.05) is 7.05 Å². The molecular weight excluding hydrogens is 341 g/mol. The van der Waals surface area contributed by atoms with Gasteiger partial charge in [-0.15, -0.1) is 24.0 Å². The third-order valence-corrected chi connectivity index (χ3v) is 3.26. The zero-order valence-corrected chi connectivity index (χ0v) is 14.3. The van der Waals surface area contributed by atoms with Gasteiger partial charge < -0.3 is 15.0 Å². The Morgan fingerprint density at radius 2 is 2.22 bits per heavy atom. The number of aliphatic imine (C=N–C) groups is 1. The summed E-state index contributed by atoms with van der Waals surface area (Å²) in [4.78, 5) is 6.70. The van der Waals surface area contributed by atoms with Crippen LogP contribution >= 0.6 is 24.0 Å². The van der Waals surface area contributed by atoms with Gasteiger partial charge in [0.1, 0.15) is 0 Å². The molecule has 0 aromatic heterocycles. The molecule has 5 heteroatoms. The summed E-state index contributed by atoms with van der Waals surface area (Å²) in [6.07, 6.45) is 4.99. The van der Waals surface area contributed by atoms with Crippen molar-refractivity contribution in [2.75, 3.05) is 40.4 Å². The zero-order valence-electron chi connectivity index (χ0n) is 11.9. The predicted octanol–water partition coefficient (Wildman–Crippen LogP) is 2.34. The first kappa shape index (κ1) is 18.0. The van der Waals surface area contributed by atoms with Crippen LogP contribution in [0.15, 0.2) is 4.99 Å². The minimum atomic E-state index is 0. The minimum Gasteiger partial charge on any atom is -0.384 e. The Hall–Kier alpha value is -0.0400. The average molecular weight is 369 g/mol. The van der Waals surface area contributed by atoms with Gasteiger partial charge in [0.05, 0.1) is 6.61 Å². The second-order valence-electron chi connectivity index (χ2n) is 4.74. The van der Waals surface area contributed by atoms with Crippen molar-refractivity contribution in [1.82, 2.24) is 10.2 Å². The van der Waals surface area contributed by atoms with E-state index in [1.165, 1.54) is 25.7 Å². The molecule has 108 valence electrons. The van der Waals surface area contributed by atoms with Gasteiger partial charge in [-0.05, 0) is 12.8 Å². The summed E-state index contributed by atoms with van der Waals surface area (Å²) >= 11 is 0. The minimum absolute atomic E-state index is 0. The largest absolute Gasteiger partial charge is 0.384 e. The normalized spacial score (nSPS) is 19.8. The number of hydrogen-bond donors (Lipinski definition) is 1. The maximum atomic E-state index is 5.21. The van der Waals surface area contributed by atoms with E-state index >= 15 is 0 Å². The molecule has 1 atom stereocenters. The number of nitrogens with zero attached hydrogens (tertiary/aromatic N) is 2. The van der Waals surface area contributed by atoms with E-state index in [2.05, 4.69) is 22.1 Å². The highest BCUT2D eigenvalue weighted by molar-refractivity contribution is 14.0. The van der Waals surface area contributed by atoms with Crippen LogP contribution in [0.5, 0.6) is 0 Å². The van der Waals surface area contributed by atoms with Gasteiger partial charge >= 0.3 is 0 Å². The monoisotopic (exact) mass is 369 g/mol. The van der Waals surface area contributed by atoms with Gasteiger partial charge in [-0.1, -0.05) is 19.8 Å². The molecule has 0 aliphatic carbocycles. The number of guanidine groups is 1. The van der Waals surface area contributed by atoms with Crippen LogP contribution in [0.25, 0.3) is 0 Å². The summed E-state index contributed by atoms with van der Waals surface area (Å²) in [5.41, 5.74) is 0. The molecule has 0 amide bonds. The molecule has 0 aromatic carbocycles. The summed E-state index contributed by atoms with van der Waals surface area (Å²) in [5.74, 6) is 1.72. The Labute approximate surface area is 129 Å². The number of nitrogens with one attached hydrogen (secondary N) is 1. The third-order valence-electron chi connectivity index (χ3n) is 3.26. The van der Waals surface area contributed by atoms with E-state index in [0.717, 1.165) is 32.2 Å². The SMILES string of the molecule is CCCCCNC(=NC)N1CCC(COC)C1.I. The molecule has 0 bridgehead atoms. The maximum Gasteiger partial charge on any atom is 0.193 e. The number of halogens is 1. The number of rotatable bonds is 6. The zero-order chi connectivity index (χ0) is 12.5. The lowest BCUT2D eigenvalue weighted by Gasteiger charge is -2.21. The first-order valence-corrected chi connectivity index (χ1v) is 6.76. The van der Waals surface area contributed by atoms with E-state index in [-0.39, 0.29) is 24.0 Å². The van der Waals surface area contributed by atoms with Crippen LogP contribution in [0.2, 0.25) is 0 Å². The lowest BCUT2D eigenvalue weighted by molar-refractivity contribution is 0.157. The number of unbranched alkanes of at least 4 members (excludes halogenated alkanes) is 2. The maximum absolute atomic E-state index is 5.21. The van der Waals surface area contributed by atoms with Crippen molar-refractivity contribution in [2.45, 2.75) is 32.6 Å². The fraction of sp³-hybridized carbons (Fsp3) is 0.923. The predicted molar refractivity (Wildman–Crippen MR) is 87.9 cm³/mol. The molecule has 0 radical (unpaired) electrons. The van der Waals surface area contributed by atoms with Crippen LogP contribution in [0, 0.1) is 5.92 Å². The van der Waals surface area contributed by atoms with E-state index in [1.54, 1.807) is 7.11 Å². The molecule has 1 N–H and O–H groups in total. The summed E-state index contributed by atoms with van der Waals surface area (Å²) in [5, 5.41) is 3.44. The second-order valence-corrected chi connectivity index (χ2v) is 4.74. The van der Waals surface area contributed by atoms with E-state index < -0.39 is 0 Å². The van der Waals surface area contributed by atoms with E-state index in [4.69, 9.17) is 4.74 Å². The second kappa shape index (κ2) is 10.8. The van der Waals surface area contributed by atoms with Crippen LogP contribution in [0.4, 0.5) is 0 Å². The Morgan fingerprint density at radius 3 is 2.83 bits per heavy atom. The van der Waals surface area contributed by atoms with Crippen molar-refractivity contribution in [3.05, 3.63) is 0 Å². The van der Waals surface area contributed by atoms with Crippen molar-refractivity contribution in [3.8, 4) is 0 Å². The highest BCUT2D eigenvalue weighted by Gasteiger charge is 2.24. The molecule has 1 saturated heterocycles. The van der Waals surface area contributed by atoms with Gasteiger partial charge in [-0.3, -0.25) is 4.99 Å². The molecule has 0 aromatic rings. The first-order chi connectivity index (χ1) is 8.31. The topological polar surface area (TPSA) is 36.9 Å². The van der Waals surface area contributed by atoms with Crippen molar-refractivity contribution < 1.29 is 4.74 Å². The highest BCUT2D eigenvalue weighted by atomic mass is 127. The lowest BCUT2D eigenvalue weighted by atomic mass is 10.1. The van der Waals surface area contributed by atoms with Crippen molar-refractivity contribution in [1.29, 1.82) is 0 Å². The van der Waals surface area contributed by atoms with Crippen LogP contribution in [-0.2, 0) is 4.74 Å². The van der Waals surface area contributed by atoms with Crippen LogP contribution in [-0.4, -0.2) is 51.3 Å². The van der Waals surface area contributed by atoms with Gasteiger partial charge in [0.2, 0.25) is 0 Å².